The fourth-order valence-electron chi connectivity index (χ4n) is 2.27. The minimum atomic E-state index is -0.206. The number of halogens is 2. The summed E-state index contributed by atoms with van der Waals surface area (Å²) in [6.45, 7) is 4.99. The lowest BCUT2D eigenvalue weighted by molar-refractivity contribution is 0.410. The molecule has 0 aliphatic heterocycles. The second kappa shape index (κ2) is 6.87. The van der Waals surface area contributed by atoms with Crippen molar-refractivity contribution in [2.45, 2.75) is 26.4 Å². The van der Waals surface area contributed by atoms with Crippen molar-refractivity contribution in [2.75, 3.05) is 0 Å². The predicted molar refractivity (Wildman–Crippen MR) is 82.3 cm³/mol. The van der Waals surface area contributed by atoms with E-state index in [9.17, 15) is 4.39 Å². The molecule has 0 radical (unpaired) electrons. The molecule has 1 nitrogen and oxygen atoms in total. The van der Waals surface area contributed by atoms with Gasteiger partial charge in [-0.05, 0) is 35.2 Å². The van der Waals surface area contributed by atoms with Gasteiger partial charge in [0.05, 0.1) is 0 Å². The van der Waals surface area contributed by atoms with Crippen LogP contribution in [0, 0.1) is 11.7 Å². The standard InChI is InChI=1S/C17H19ClFN/c1-12(2)17(13-7-9-15(19)10-8-13)20-11-14-5-3-4-6-16(14)18/h3-10,12,17,20H,11H2,1-2H3. The summed E-state index contributed by atoms with van der Waals surface area (Å²) >= 11 is 6.16. The van der Waals surface area contributed by atoms with Crippen molar-refractivity contribution in [3.05, 3.63) is 70.5 Å². The van der Waals surface area contributed by atoms with E-state index in [-0.39, 0.29) is 11.9 Å². The van der Waals surface area contributed by atoms with Crippen molar-refractivity contribution in [3.8, 4) is 0 Å². The molecule has 3 heteroatoms. The molecule has 0 amide bonds. The summed E-state index contributed by atoms with van der Waals surface area (Å²) in [5, 5.41) is 4.27. The van der Waals surface area contributed by atoms with E-state index in [0.717, 1.165) is 16.1 Å². The maximum atomic E-state index is 13.0. The van der Waals surface area contributed by atoms with Gasteiger partial charge in [-0.15, -0.1) is 0 Å². The van der Waals surface area contributed by atoms with E-state index in [1.165, 1.54) is 12.1 Å². The van der Waals surface area contributed by atoms with Gasteiger partial charge in [0.2, 0.25) is 0 Å². The van der Waals surface area contributed by atoms with Crippen LogP contribution in [0.25, 0.3) is 0 Å². The van der Waals surface area contributed by atoms with Crippen LogP contribution in [0.3, 0.4) is 0 Å². The Hall–Kier alpha value is -1.38. The smallest absolute Gasteiger partial charge is 0.123 e. The number of benzene rings is 2. The molecule has 0 heterocycles. The number of nitrogens with one attached hydrogen (secondary N) is 1. The zero-order valence-corrected chi connectivity index (χ0v) is 12.5. The molecule has 0 aliphatic rings. The first-order chi connectivity index (χ1) is 9.58. The van der Waals surface area contributed by atoms with Gasteiger partial charge in [0.1, 0.15) is 5.82 Å². The molecule has 2 rings (SSSR count). The summed E-state index contributed by atoms with van der Waals surface area (Å²) < 4.78 is 13.0. The van der Waals surface area contributed by atoms with Crippen LogP contribution in [0.5, 0.6) is 0 Å². The third-order valence-electron chi connectivity index (χ3n) is 3.37. The molecule has 0 saturated carbocycles. The minimum Gasteiger partial charge on any atom is -0.306 e. The SMILES string of the molecule is CC(C)C(NCc1ccccc1Cl)c1ccc(F)cc1. The van der Waals surface area contributed by atoms with E-state index in [0.29, 0.717) is 12.5 Å². The molecule has 1 N–H and O–H groups in total. The lowest BCUT2D eigenvalue weighted by Crippen LogP contribution is -2.25. The largest absolute Gasteiger partial charge is 0.306 e. The van der Waals surface area contributed by atoms with Crippen molar-refractivity contribution < 1.29 is 4.39 Å². The predicted octanol–water partition coefficient (Wildman–Crippen LogP) is 4.97. The fourth-order valence-corrected chi connectivity index (χ4v) is 2.47. The Labute approximate surface area is 124 Å². The third-order valence-corrected chi connectivity index (χ3v) is 3.73. The molecule has 20 heavy (non-hydrogen) atoms. The Bertz CT molecular complexity index is 551. The van der Waals surface area contributed by atoms with Gasteiger partial charge >= 0.3 is 0 Å². The summed E-state index contributed by atoms with van der Waals surface area (Å²) in [4.78, 5) is 0. The summed E-state index contributed by atoms with van der Waals surface area (Å²) in [6.07, 6.45) is 0. The highest BCUT2D eigenvalue weighted by Gasteiger charge is 2.15. The molecular weight excluding hydrogens is 273 g/mol. The van der Waals surface area contributed by atoms with Crippen LogP contribution >= 0.6 is 11.6 Å². The summed E-state index contributed by atoms with van der Waals surface area (Å²) in [7, 11) is 0. The maximum absolute atomic E-state index is 13.0. The Kier molecular flexibility index (Phi) is 5.16. The van der Waals surface area contributed by atoms with E-state index in [4.69, 9.17) is 11.6 Å². The van der Waals surface area contributed by atoms with Crippen molar-refractivity contribution in [3.63, 3.8) is 0 Å². The molecule has 1 atom stereocenters. The number of hydrogen-bond acceptors (Lipinski definition) is 1. The Morgan fingerprint density at radius 1 is 1.05 bits per heavy atom. The summed E-state index contributed by atoms with van der Waals surface area (Å²) in [5.41, 5.74) is 2.16. The first kappa shape index (κ1) is 15.0. The molecule has 0 aromatic heterocycles. The van der Waals surface area contributed by atoms with Gasteiger partial charge in [0, 0.05) is 17.6 Å². The molecule has 0 bridgehead atoms. The third kappa shape index (κ3) is 3.81. The van der Waals surface area contributed by atoms with E-state index in [2.05, 4.69) is 19.2 Å². The van der Waals surface area contributed by atoms with E-state index in [1.54, 1.807) is 0 Å². The second-order valence-corrected chi connectivity index (χ2v) is 5.65. The maximum Gasteiger partial charge on any atom is 0.123 e. The fraction of sp³-hybridized carbons (Fsp3) is 0.294. The van der Waals surface area contributed by atoms with Crippen molar-refractivity contribution in [1.29, 1.82) is 0 Å². The molecular formula is C17H19ClFN. The van der Waals surface area contributed by atoms with Crippen LogP contribution in [-0.4, -0.2) is 0 Å². The van der Waals surface area contributed by atoms with Crippen LogP contribution in [0.2, 0.25) is 5.02 Å². The number of rotatable bonds is 5. The Morgan fingerprint density at radius 2 is 1.70 bits per heavy atom. The normalized spacial score (nSPS) is 12.7. The highest BCUT2D eigenvalue weighted by molar-refractivity contribution is 6.31. The highest BCUT2D eigenvalue weighted by atomic mass is 35.5. The van der Waals surface area contributed by atoms with E-state index < -0.39 is 0 Å². The van der Waals surface area contributed by atoms with E-state index in [1.807, 2.05) is 36.4 Å². The Morgan fingerprint density at radius 3 is 2.30 bits per heavy atom. The van der Waals surface area contributed by atoms with Gasteiger partial charge < -0.3 is 5.32 Å². The van der Waals surface area contributed by atoms with Gasteiger partial charge in [0.25, 0.3) is 0 Å². The average Bonchev–Trinajstić information content (AvgIpc) is 2.42. The minimum absolute atomic E-state index is 0.173. The molecule has 0 aliphatic carbocycles. The molecule has 0 fully saturated rings. The molecule has 0 spiro atoms. The average molecular weight is 292 g/mol. The summed E-state index contributed by atoms with van der Waals surface area (Å²) in [6, 6.07) is 14.6. The quantitative estimate of drug-likeness (QED) is 0.820. The molecule has 2 aromatic carbocycles. The van der Waals surface area contributed by atoms with Crippen LogP contribution in [0.1, 0.15) is 31.0 Å². The summed E-state index contributed by atoms with van der Waals surface area (Å²) in [5.74, 6) is 0.199. The topological polar surface area (TPSA) is 12.0 Å². The second-order valence-electron chi connectivity index (χ2n) is 5.25. The number of hydrogen-bond donors (Lipinski definition) is 1. The van der Waals surface area contributed by atoms with Crippen LogP contribution in [0.15, 0.2) is 48.5 Å². The van der Waals surface area contributed by atoms with Crippen molar-refractivity contribution in [1.82, 2.24) is 5.32 Å². The monoisotopic (exact) mass is 291 g/mol. The Balaban J connectivity index is 2.11. The van der Waals surface area contributed by atoms with Crippen LogP contribution in [-0.2, 0) is 6.54 Å². The van der Waals surface area contributed by atoms with Crippen molar-refractivity contribution in [2.24, 2.45) is 5.92 Å². The van der Waals surface area contributed by atoms with Gasteiger partial charge in [0.15, 0.2) is 0 Å². The molecule has 1 unspecified atom stereocenters. The zero-order chi connectivity index (χ0) is 14.5. The molecule has 106 valence electrons. The van der Waals surface area contributed by atoms with Gasteiger partial charge in [-0.3, -0.25) is 0 Å². The van der Waals surface area contributed by atoms with Gasteiger partial charge in [-0.25, -0.2) is 4.39 Å². The molecule has 2 aromatic rings. The zero-order valence-electron chi connectivity index (χ0n) is 11.7. The highest BCUT2D eigenvalue weighted by Crippen LogP contribution is 2.23. The lowest BCUT2D eigenvalue weighted by atomic mass is 9.95. The first-order valence-electron chi connectivity index (χ1n) is 6.80. The van der Waals surface area contributed by atoms with Crippen molar-refractivity contribution >= 4 is 11.6 Å². The van der Waals surface area contributed by atoms with Gasteiger partial charge in [-0.2, -0.15) is 0 Å². The van der Waals surface area contributed by atoms with E-state index >= 15 is 0 Å². The lowest BCUT2D eigenvalue weighted by Gasteiger charge is -2.23. The first-order valence-corrected chi connectivity index (χ1v) is 7.18. The van der Waals surface area contributed by atoms with Crippen LogP contribution in [0.4, 0.5) is 4.39 Å². The van der Waals surface area contributed by atoms with Crippen LogP contribution < -0.4 is 5.32 Å². The van der Waals surface area contributed by atoms with Gasteiger partial charge in [-0.1, -0.05) is 55.8 Å². The molecule has 0 saturated heterocycles.